The van der Waals surface area contributed by atoms with Crippen molar-refractivity contribution < 1.29 is 14.1 Å². The lowest BCUT2D eigenvalue weighted by Crippen LogP contribution is -2.55. The summed E-state index contributed by atoms with van der Waals surface area (Å²) in [7, 11) is 6.23. The lowest BCUT2D eigenvalue weighted by atomic mass is 9.87. The van der Waals surface area contributed by atoms with Crippen molar-refractivity contribution in [2.75, 3.05) is 21.1 Å². The van der Waals surface area contributed by atoms with Gasteiger partial charge in [0.1, 0.15) is 5.78 Å². The molecule has 0 heterocycles. The van der Waals surface area contributed by atoms with Crippen molar-refractivity contribution in [2.45, 2.75) is 207 Å². The highest BCUT2D eigenvalue weighted by Gasteiger charge is 2.39. The Hall–Kier alpha value is -1.22. The normalized spacial score (nSPS) is 13.6. The molecule has 0 rings (SSSR count). The molecule has 0 spiro atoms. The van der Waals surface area contributed by atoms with Gasteiger partial charge in [0, 0.05) is 12.8 Å². The van der Waals surface area contributed by atoms with E-state index in [0.29, 0.717) is 17.3 Å². The van der Waals surface area contributed by atoms with Crippen LogP contribution in [0, 0.1) is 5.92 Å². The number of likely N-dealkylation sites (N-methyl/N-ethyl adjacent to an activating group) is 1. The maximum atomic E-state index is 13.3. The molecule has 0 aliphatic rings. The monoisotopic (exact) mass is 631 g/mol. The molecular formula is C42H80NO2+. The van der Waals surface area contributed by atoms with E-state index in [1.165, 1.54) is 141 Å². The topological polar surface area (TPSA) is 34.1 Å². The number of carbonyl (C=O) groups is 2. The van der Waals surface area contributed by atoms with Crippen LogP contribution in [0.3, 0.4) is 0 Å². The van der Waals surface area contributed by atoms with Crippen molar-refractivity contribution in [3.8, 4) is 0 Å². The molecule has 0 amide bonds. The van der Waals surface area contributed by atoms with E-state index in [9.17, 15) is 9.59 Å². The third kappa shape index (κ3) is 27.6. The molecule has 2 atom stereocenters. The third-order valence-corrected chi connectivity index (χ3v) is 9.52. The second-order valence-corrected chi connectivity index (χ2v) is 15.0. The minimum Gasteiger partial charge on any atom is -0.322 e. The van der Waals surface area contributed by atoms with E-state index in [1.54, 1.807) is 0 Å². The second kappa shape index (κ2) is 31.4. The number of rotatable bonds is 34. The predicted molar refractivity (Wildman–Crippen MR) is 200 cm³/mol. The quantitative estimate of drug-likeness (QED) is 0.0403. The van der Waals surface area contributed by atoms with Crippen molar-refractivity contribution in [3.63, 3.8) is 0 Å². The van der Waals surface area contributed by atoms with Crippen LogP contribution in [0.15, 0.2) is 24.3 Å². The lowest BCUT2D eigenvalue weighted by Gasteiger charge is -2.36. The average Bonchev–Trinajstić information content (AvgIpc) is 3.00. The highest BCUT2D eigenvalue weighted by atomic mass is 16.1. The summed E-state index contributed by atoms with van der Waals surface area (Å²) in [6.45, 7) is 6.55. The van der Waals surface area contributed by atoms with E-state index in [2.05, 4.69) is 59.3 Å². The molecule has 0 saturated carbocycles. The molecule has 3 heteroatoms. The Balaban J connectivity index is 4.00. The Morgan fingerprint density at radius 3 is 1.07 bits per heavy atom. The molecule has 0 aromatic rings. The minimum atomic E-state index is -0.225. The van der Waals surface area contributed by atoms with Crippen LogP contribution in [0.25, 0.3) is 0 Å². The molecule has 0 aromatic heterocycles. The number of Topliss-reactive ketones (excluding diaryl/α,β-unsaturated/α-hetero) is 2. The Morgan fingerprint density at radius 1 is 0.444 bits per heavy atom. The maximum Gasteiger partial charge on any atom is 0.190 e. The number of hydrogen-bond donors (Lipinski definition) is 0. The van der Waals surface area contributed by atoms with Crippen LogP contribution < -0.4 is 0 Å². The molecular weight excluding hydrogens is 550 g/mol. The van der Waals surface area contributed by atoms with Crippen LogP contribution >= 0.6 is 0 Å². The molecule has 3 nitrogen and oxygen atoms in total. The Kier molecular flexibility index (Phi) is 30.5. The first-order valence-electron chi connectivity index (χ1n) is 19.9. The summed E-state index contributed by atoms with van der Waals surface area (Å²) in [6.07, 6.45) is 43.6. The van der Waals surface area contributed by atoms with Gasteiger partial charge < -0.3 is 4.48 Å². The average molecular weight is 631 g/mol. The number of allylic oxidation sites excluding steroid dienone is 4. The zero-order valence-electron chi connectivity index (χ0n) is 31.5. The summed E-state index contributed by atoms with van der Waals surface area (Å²) >= 11 is 0. The fraction of sp³-hybridized carbons (Fsp3) is 0.857. The molecule has 0 aromatic carbocycles. The zero-order valence-corrected chi connectivity index (χ0v) is 31.5. The van der Waals surface area contributed by atoms with E-state index in [-0.39, 0.29) is 23.5 Å². The predicted octanol–water partition coefficient (Wildman–Crippen LogP) is 12.9. The first kappa shape index (κ1) is 43.8. The first-order chi connectivity index (χ1) is 21.8. The fourth-order valence-corrected chi connectivity index (χ4v) is 6.67. The minimum absolute atomic E-state index is 0.197. The largest absolute Gasteiger partial charge is 0.322 e. The first-order valence-corrected chi connectivity index (χ1v) is 19.9. The SMILES string of the molecule is CCCCCCCC/C=C\CCCCCCCC(=O)C(C)C(C(=O)CCCCCCC/C=C\CCCCCCCC)[N+](C)(C)C. The molecule has 2 unspecified atom stereocenters. The van der Waals surface area contributed by atoms with E-state index in [0.717, 1.165) is 25.7 Å². The number of carbonyl (C=O) groups excluding carboxylic acids is 2. The molecule has 0 aliphatic carbocycles. The van der Waals surface area contributed by atoms with E-state index < -0.39 is 0 Å². The maximum absolute atomic E-state index is 13.3. The Bertz CT molecular complexity index is 731. The Morgan fingerprint density at radius 2 is 0.733 bits per heavy atom. The van der Waals surface area contributed by atoms with Crippen molar-refractivity contribution in [1.82, 2.24) is 0 Å². The van der Waals surface area contributed by atoms with Crippen LogP contribution in [0.2, 0.25) is 0 Å². The van der Waals surface area contributed by atoms with Crippen molar-refractivity contribution in [2.24, 2.45) is 5.92 Å². The summed E-state index contributed by atoms with van der Waals surface area (Å²) in [5, 5.41) is 0. The van der Waals surface area contributed by atoms with Crippen LogP contribution in [-0.4, -0.2) is 43.2 Å². The van der Waals surface area contributed by atoms with Crippen LogP contribution in [0.5, 0.6) is 0 Å². The van der Waals surface area contributed by atoms with Gasteiger partial charge in [0.05, 0.1) is 27.1 Å². The number of nitrogens with zero attached hydrogens (tertiary/aromatic N) is 1. The van der Waals surface area contributed by atoms with Gasteiger partial charge in [0.15, 0.2) is 11.8 Å². The smallest absolute Gasteiger partial charge is 0.190 e. The highest BCUT2D eigenvalue weighted by molar-refractivity contribution is 5.91. The molecule has 0 aliphatic heterocycles. The molecule has 0 saturated heterocycles. The van der Waals surface area contributed by atoms with E-state index in [4.69, 9.17) is 0 Å². The number of quaternary nitrogens is 1. The van der Waals surface area contributed by atoms with E-state index in [1.807, 2.05) is 6.92 Å². The van der Waals surface area contributed by atoms with E-state index >= 15 is 0 Å². The molecule has 264 valence electrons. The van der Waals surface area contributed by atoms with Crippen LogP contribution in [0.4, 0.5) is 0 Å². The van der Waals surface area contributed by atoms with Crippen molar-refractivity contribution >= 4 is 11.6 Å². The van der Waals surface area contributed by atoms with Crippen molar-refractivity contribution in [3.05, 3.63) is 24.3 Å². The third-order valence-electron chi connectivity index (χ3n) is 9.52. The van der Waals surface area contributed by atoms with Gasteiger partial charge in [-0.1, -0.05) is 141 Å². The van der Waals surface area contributed by atoms with Crippen molar-refractivity contribution in [1.29, 1.82) is 0 Å². The summed E-state index contributed by atoms with van der Waals surface area (Å²) in [5.41, 5.74) is 0. The van der Waals surface area contributed by atoms with Gasteiger partial charge in [-0.2, -0.15) is 0 Å². The number of unbranched alkanes of at least 4 members (excludes halogenated alkanes) is 22. The molecule has 45 heavy (non-hydrogen) atoms. The second-order valence-electron chi connectivity index (χ2n) is 15.0. The summed E-state index contributed by atoms with van der Waals surface area (Å²) in [6, 6.07) is -0.225. The van der Waals surface area contributed by atoms with Gasteiger partial charge in [0.25, 0.3) is 0 Å². The van der Waals surface area contributed by atoms with Crippen LogP contribution in [-0.2, 0) is 9.59 Å². The van der Waals surface area contributed by atoms with Gasteiger partial charge in [-0.15, -0.1) is 0 Å². The summed E-state index contributed by atoms with van der Waals surface area (Å²) < 4.78 is 0.545. The van der Waals surface area contributed by atoms with Gasteiger partial charge in [-0.3, -0.25) is 9.59 Å². The lowest BCUT2D eigenvalue weighted by molar-refractivity contribution is -0.889. The standard InChI is InChI=1S/C42H80NO2/c1-7-9-11-13-15-17-19-21-23-25-27-29-31-33-35-37-40(44)39(3)42(43(4,5)6)41(45)38-36-34-32-30-28-26-24-22-20-18-16-14-12-10-8-2/h21-24,39,42H,7-20,25-38H2,1-6H3/q+1/b23-21-,24-22-. The number of ketones is 2. The highest BCUT2D eigenvalue weighted by Crippen LogP contribution is 2.22. The van der Waals surface area contributed by atoms with Gasteiger partial charge in [-0.05, 0) is 71.1 Å². The molecule has 0 radical (unpaired) electrons. The Labute approximate surface area is 283 Å². The molecule has 0 bridgehead atoms. The summed E-state index contributed by atoms with van der Waals surface area (Å²) in [5.74, 6) is 0.367. The van der Waals surface area contributed by atoms with Crippen LogP contribution in [0.1, 0.15) is 201 Å². The van der Waals surface area contributed by atoms with Gasteiger partial charge in [0.2, 0.25) is 0 Å². The number of hydrogen-bond acceptors (Lipinski definition) is 2. The molecule has 0 fully saturated rings. The zero-order chi connectivity index (χ0) is 33.4. The molecule has 0 N–H and O–H groups in total. The summed E-state index contributed by atoms with van der Waals surface area (Å²) in [4.78, 5) is 26.4. The fourth-order valence-electron chi connectivity index (χ4n) is 6.67. The van der Waals surface area contributed by atoms with Gasteiger partial charge in [-0.25, -0.2) is 0 Å². The van der Waals surface area contributed by atoms with Gasteiger partial charge >= 0.3 is 0 Å².